The lowest BCUT2D eigenvalue weighted by atomic mass is 10.4. The zero-order chi connectivity index (χ0) is 11.1. The number of aryl methyl sites for hydroxylation is 1. The van der Waals surface area contributed by atoms with Crippen molar-refractivity contribution in [2.45, 2.75) is 19.9 Å². The molecule has 1 rings (SSSR count). The van der Waals surface area contributed by atoms with E-state index in [1.807, 2.05) is 17.9 Å². The third-order valence-corrected chi connectivity index (χ3v) is 2.29. The van der Waals surface area contributed by atoms with E-state index in [0.29, 0.717) is 0 Å². The van der Waals surface area contributed by atoms with Crippen molar-refractivity contribution >= 4 is 0 Å². The molecule has 4 nitrogen and oxygen atoms in total. The SMILES string of the molecule is CCCNCCN(C)Cc1cn(C)cn1. The summed E-state index contributed by atoms with van der Waals surface area (Å²) >= 11 is 0. The summed E-state index contributed by atoms with van der Waals surface area (Å²) in [6.45, 7) is 6.34. The minimum atomic E-state index is 0.925. The van der Waals surface area contributed by atoms with Crippen LogP contribution in [0.3, 0.4) is 0 Å². The standard InChI is InChI=1S/C11H22N4/c1-4-5-12-6-7-14(2)8-11-9-15(3)10-13-11/h9-10,12H,4-8H2,1-3H3. The van der Waals surface area contributed by atoms with Crippen LogP contribution in [0.25, 0.3) is 0 Å². The highest BCUT2D eigenvalue weighted by atomic mass is 15.1. The fraction of sp³-hybridized carbons (Fsp3) is 0.727. The van der Waals surface area contributed by atoms with E-state index >= 15 is 0 Å². The van der Waals surface area contributed by atoms with Gasteiger partial charge in [-0.3, -0.25) is 4.90 Å². The van der Waals surface area contributed by atoms with Crippen LogP contribution >= 0.6 is 0 Å². The van der Waals surface area contributed by atoms with Crippen molar-refractivity contribution in [3.63, 3.8) is 0 Å². The van der Waals surface area contributed by atoms with Gasteiger partial charge in [-0.1, -0.05) is 6.92 Å². The van der Waals surface area contributed by atoms with Gasteiger partial charge in [-0.2, -0.15) is 0 Å². The third-order valence-electron chi connectivity index (χ3n) is 2.29. The molecule has 0 saturated carbocycles. The van der Waals surface area contributed by atoms with E-state index in [4.69, 9.17) is 0 Å². The van der Waals surface area contributed by atoms with Gasteiger partial charge < -0.3 is 9.88 Å². The predicted molar refractivity (Wildman–Crippen MR) is 62.7 cm³/mol. The summed E-state index contributed by atoms with van der Waals surface area (Å²) in [5.74, 6) is 0. The van der Waals surface area contributed by atoms with Gasteiger partial charge in [0.05, 0.1) is 12.0 Å². The van der Waals surface area contributed by atoms with Crippen molar-refractivity contribution < 1.29 is 0 Å². The van der Waals surface area contributed by atoms with Gasteiger partial charge in [-0.15, -0.1) is 0 Å². The number of nitrogens with zero attached hydrogens (tertiary/aromatic N) is 3. The van der Waals surface area contributed by atoms with Crippen molar-refractivity contribution in [1.29, 1.82) is 0 Å². The number of rotatable bonds is 7. The van der Waals surface area contributed by atoms with Gasteiger partial charge in [0.15, 0.2) is 0 Å². The Bertz CT molecular complexity index is 269. The van der Waals surface area contributed by atoms with E-state index < -0.39 is 0 Å². The molecule has 0 aliphatic rings. The Hall–Kier alpha value is -0.870. The molecular weight excluding hydrogens is 188 g/mol. The molecule has 1 heterocycles. The molecule has 0 bridgehead atoms. The molecule has 86 valence electrons. The third kappa shape index (κ3) is 4.95. The van der Waals surface area contributed by atoms with Crippen molar-refractivity contribution in [2.75, 3.05) is 26.7 Å². The fourth-order valence-corrected chi connectivity index (χ4v) is 1.48. The van der Waals surface area contributed by atoms with Crippen LogP contribution in [0.1, 0.15) is 19.0 Å². The van der Waals surface area contributed by atoms with E-state index in [9.17, 15) is 0 Å². The first-order valence-corrected chi connectivity index (χ1v) is 5.58. The first-order valence-electron chi connectivity index (χ1n) is 5.58. The zero-order valence-electron chi connectivity index (χ0n) is 10.0. The molecular formula is C11H22N4. The molecule has 0 amide bonds. The summed E-state index contributed by atoms with van der Waals surface area (Å²) in [5, 5.41) is 3.39. The van der Waals surface area contributed by atoms with Gasteiger partial charge in [0.25, 0.3) is 0 Å². The second kappa shape index (κ2) is 6.58. The highest BCUT2D eigenvalue weighted by Crippen LogP contribution is 1.98. The number of aromatic nitrogens is 2. The lowest BCUT2D eigenvalue weighted by Crippen LogP contribution is -2.29. The summed E-state index contributed by atoms with van der Waals surface area (Å²) in [6, 6.07) is 0. The van der Waals surface area contributed by atoms with Crippen molar-refractivity contribution in [3.05, 3.63) is 18.2 Å². The number of hydrogen-bond acceptors (Lipinski definition) is 3. The van der Waals surface area contributed by atoms with Crippen molar-refractivity contribution in [1.82, 2.24) is 19.8 Å². The van der Waals surface area contributed by atoms with E-state index in [1.165, 1.54) is 6.42 Å². The van der Waals surface area contributed by atoms with Crippen LogP contribution in [0, 0.1) is 0 Å². The summed E-state index contributed by atoms with van der Waals surface area (Å²) in [4.78, 5) is 6.58. The molecule has 0 fully saturated rings. The van der Waals surface area contributed by atoms with Crippen LogP contribution in [0.4, 0.5) is 0 Å². The lowest BCUT2D eigenvalue weighted by molar-refractivity contribution is 0.321. The van der Waals surface area contributed by atoms with Crippen LogP contribution in [0.2, 0.25) is 0 Å². The zero-order valence-corrected chi connectivity index (χ0v) is 10.0. The summed E-state index contributed by atoms with van der Waals surface area (Å²) in [5.41, 5.74) is 1.13. The Morgan fingerprint density at radius 1 is 1.47 bits per heavy atom. The average molecular weight is 210 g/mol. The molecule has 0 atom stereocenters. The Balaban J connectivity index is 2.15. The van der Waals surface area contributed by atoms with Crippen LogP contribution in [0.15, 0.2) is 12.5 Å². The first-order chi connectivity index (χ1) is 7.22. The molecule has 1 aromatic rings. The number of hydrogen-bond donors (Lipinski definition) is 1. The Labute approximate surface area is 92.3 Å². The van der Waals surface area contributed by atoms with Gasteiger partial charge in [0, 0.05) is 32.9 Å². The van der Waals surface area contributed by atoms with Crippen molar-refractivity contribution in [3.8, 4) is 0 Å². The van der Waals surface area contributed by atoms with E-state index in [2.05, 4.69) is 35.4 Å². The average Bonchev–Trinajstić information content (AvgIpc) is 2.59. The number of imidazole rings is 1. The smallest absolute Gasteiger partial charge is 0.0947 e. The summed E-state index contributed by atoms with van der Waals surface area (Å²) in [6.07, 6.45) is 5.11. The fourth-order valence-electron chi connectivity index (χ4n) is 1.48. The van der Waals surface area contributed by atoms with Gasteiger partial charge in [0.1, 0.15) is 0 Å². The van der Waals surface area contributed by atoms with E-state index in [-0.39, 0.29) is 0 Å². The predicted octanol–water partition coefficient (Wildman–Crippen LogP) is 0.851. The monoisotopic (exact) mass is 210 g/mol. The highest BCUT2D eigenvalue weighted by molar-refractivity contribution is 4.95. The molecule has 0 spiro atoms. The second-order valence-electron chi connectivity index (χ2n) is 4.02. The minimum absolute atomic E-state index is 0.925. The maximum Gasteiger partial charge on any atom is 0.0947 e. The van der Waals surface area contributed by atoms with Crippen molar-refractivity contribution in [2.24, 2.45) is 7.05 Å². The lowest BCUT2D eigenvalue weighted by Gasteiger charge is -2.15. The Morgan fingerprint density at radius 2 is 2.27 bits per heavy atom. The van der Waals surface area contributed by atoms with E-state index in [1.54, 1.807) is 0 Å². The Morgan fingerprint density at radius 3 is 2.87 bits per heavy atom. The molecule has 4 heteroatoms. The molecule has 1 aromatic heterocycles. The van der Waals surface area contributed by atoms with Gasteiger partial charge in [-0.05, 0) is 20.0 Å². The van der Waals surface area contributed by atoms with Crippen LogP contribution in [-0.4, -0.2) is 41.1 Å². The van der Waals surface area contributed by atoms with Gasteiger partial charge in [-0.25, -0.2) is 4.98 Å². The molecule has 0 unspecified atom stereocenters. The largest absolute Gasteiger partial charge is 0.340 e. The van der Waals surface area contributed by atoms with Crippen LogP contribution in [0.5, 0.6) is 0 Å². The second-order valence-corrected chi connectivity index (χ2v) is 4.02. The molecule has 1 N–H and O–H groups in total. The first kappa shape index (κ1) is 12.2. The molecule has 0 radical (unpaired) electrons. The maximum atomic E-state index is 4.30. The molecule has 0 aliphatic carbocycles. The molecule has 0 aliphatic heterocycles. The van der Waals surface area contributed by atoms with Gasteiger partial charge in [0.2, 0.25) is 0 Å². The number of likely N-dealkylation sites (N-methyl/N-ethyl adjacent to an activating group) is 1. The topological polar surface area (TPSA) is 33.1 Å². The highest BCUT2D eigenvalue weighted by Gasteiger charge is 2.01. The van der Waals surface area contributed by atoms with Crippen LogP contribution in [-0.2, 0) is 13.6 Å². The minimum Gasteiger partial charge on any atom is -0.340 e. The summed E-state index contributed by atoms with van der Waals surface area (Å²) in [7, 11) is 4.13. The normalized spacial score (nSPS) is 11.2. The molecule has 0 saturated heterocycles. The van der Waals surface area contributed by atoms with Gasteiger partial charge >= 0.3 is 0 Å². The summed E-state index contributed by atoms with van der Waals surface area (Å²) < 4.78 is 1.98. The molecule has 15 heavy (non-hydrogen) atoms. The Kier molecular flexibility index (Phi) is 5.36. The van der Waals surface area contributed by atoms with Crippen LogP contribution < -0.4 is 5.32 Å². The van der Waals surface area contributed by atoms with E-state index in [0.717, 1.165) is 31.9 Å². The number of nitrogens with one attached hydrogen (secondary N) is 1. The maximum absolute atomic E-state index is 4.30. The quantitative estimate of drug-likeness (QED) is 0.677. The molecule has 0 aromatic carbocycles.